The van der Waals surface area contributed by atoms with Crippen LogP contribution in [0.5, 0.6) is 0 Å². The van der Waals surface area contributed by atoms with Crippen LogP contribution in [-0.2, 0) is 28.2 Å². The highest BCUT2D eigenvalue weighted by Crippen LogP contribution is 2.36. The normalized spacial score (nSPS) is 12.3. The van der Waals surface area contributed by atoms with Gasteiger partial charge in [-0.25, -0.2) is 4.57 Å². The van der Waals surface area contributed by atoms with E-state index in [1.54, 1.807) is 0 Å². The number of unbranched alkanes of at least 4 members (excludes halogenated alkanes) is 31. The van der Waals surface area contributed by atoms with E-state index >= 15 is 0 Å². The first-order valence-electron chi connectivity index (χ1n) is 21.8. The lowest BCUT2D eigenvalue weighted by Crippen LogP contribution is -2.29. The van der Waals surface area contributed by atoms with Crippen molar-refractivity contribution in [2.75, 3.05) is 13.2 Å². The van der Waals surface area contributed by atoms with Gasteiger partial charge in [0.1, 0.15) is 6.61 Å². The van der Waals surface area contributed by atoms with E-state index in [9.17, 15) is 14.2 Å². The second-order valence-corrected chi connectivity index (χ2v) is 16.3. The molecule has 0 fully saturated rings. The molecular formula is C42H83O8P. The van der Waals surface area contributed by atoms with Crippen LogP contribution in [0, 0.1) is 0 Å². The van der Waals surface area contributed by atoms with Gasteiger partial charge in [-0.05, 0) is 12.8 Å². The first-order valence-corrected chi connectivity index (χ1v) is 23.4. The van der Waals surface area contributed by atoms with Gasteiger partial charge in [0, 0.05) is 12.8 Å². The Balaban J connectivity index is 3.84. The van der Waals surface area contributed by atoms with Gasteiger partial charge < -0.3 is 19.3 Å². The third-order valence-corrected chi connectivity index (χ3v) is 10.4. The zero-order valence-electron chi connectivity index (χ0n) is 33.5. The van der Waals surface area contributed by atoms with Gasteiger partial charge in [0.25, 0.3) is 0 Å². The lowest BCUT2D eigenvalue weighted by molar-refractivity contribution is -0.161. The fourth-order valence-corrected chi connectivity index (χ4v) is 6.97. The molecule has 0 aliphatic rings. The summed E-state index contributed by atoms with van der Waals surface area (Å²) >= 11 is 0. The molecule has 8 nitrogen and oxygen atoms in total. The minimum atomic E-state index is -4.75. The zero-order valence-corrected chi connectivity index (χ0v) is 34.4. The number of esters is 2. The molecular weight excluding hydrogens is 663 g/mol. The molecule has 9 heteroatoms. The fraction of sp³-hybridized carbons (Fsp3) is 0.952. The Bertz CT molecular complexity index is 802. The van der Waals surface area contributed by atoms with Crippen molar-refractivity contribution < 1.29 is 37.9 Å². The maximum absolute atomic E-state index is 12.4. The minimum absolute atomic E-state index is 0.220. The molecule has 1 atom stereocenters. The second-order valence-electron chi connectivity index (χ2n) is 15.0. The summed E-state index contributed by atoms with van der Waals surface area (Å²) in [6, 6.07) is 0. The summed E-state index contributed by atoms with van der Waals surface area (Å²) in [4.78, 5) is 42.9. The van der Waals surface area contributed by atoms with E-state index in [0.717, 1.165) is 32.1 Å². The third kappa shape index (κ3) is 41.7. The fourth-order valence-electron chi connectivity index (χ4n) is 6.61. The molecule has 0 aromatic carbocycles. The molecule has 0 spiro atoms. The van der Waals surface area contributed by atoms with Crippen molar-refractivity contribution in [3.8, 4) is 0 Å². The van der Waals surface area contributed by atoms with Crippen LogP contribution >= 0.6 is 7.82 Å². The van der Waals surface area contributed by atoms with E-state index < -0.39 is 32.5 Å². The number of phosphoric ester groups is 1. The van der Waals surface area contributed by atoms with E-state index in [-0.39, 0.29) is 19.4 Å². The van der Waals surface area contributed by atoms with Crippen LogP contribution in [0.15, 0.2) is 0 Å². The average Bonchev–Trinajstić information content (AvgIpc) is 3.10. The first kappa shape index (κ1) is 50.1. The van der Waals surface area contributed by atoms with Crippen molar-refractivity contribution in [2.45, 2.75) is 245 Å². The molecule has 0 aromatic rings. The Kier molecular flexibility index (Phi) is 38.0. The van der Waals surface area contributed by atoms with Gasteiger partial charge >= 0.3 is 19.8 Å². The molecule has 304 valence electrons. The maximum atomic E-state index is 12.4. The van der Waals surface area contributed by atoms with Gasteiger partial charge in [-0.1, -0.05) is 213 Å². The number of ether oxygens (including phenoxy) is 2. The molecule has 0 saturated heterocycles. The number of rotatable bonds is 41. The van der Waals surface area contributed by atoms with Gasteiger partial charge in [0.15, 0.2) is 6.10 Å². The van der Waals surface area contributed by atoms with Gasteiger partial charge in [-0.3, -0.25) is 14.1 Å². The first-order chi connectivity index (χ1) is 24.8. The smallest absolute Gasteiger partial charge is 0.462 e. The van der Waals surface area contributed by atoms with Crippen molar-refractivity contribution in [1.82, 2.24) is 0 Å². The summed E-state index contributed by atoms with van der Waals surface area (Å²) in [7, 11) is -4.75. The predicted octanol–water partition coefficient (Wildman–Crippen LogP) is 13.2. The van der Waals surface area contributed by atoms with Gasteiger partial charge in [0.05, 0.1) is 6.61 Å². The van der Waals surface area contributed by atoms with Crippen molar-refractivity contribution in [1.29, 1.82) is 0 Å². The molecule has 51 heavy (non-hydrogen) atoms. The van der Waals surface area contributed by atoms with Crippen LogP contribution in [0.2, 0.25) is 0 Å². The quantitative estimate of drug-likeness (QED) is 0.0360. The number of hydrogen-bond acceptors (Lipinski definition) is 6. The molecule has 0 saturated carbocycles. The zero-order chi connectivity index (χ0) is 37.5. The molecule has 0 unspecified atom stereocenters. The summed E-state index contributed by atoms with van der Waals surface area (Å²) in [6.07, 6.45) is 41.1. The molecule has 0 bridgehead atoms. The molecule has 0 aliphatic heterocycles. The van der Waals surface area contributed by atoms with Gasteiger partial charge in [-0.2, -0.15) is 0 Å². The second kappa shape index (κ2) is 38.8. The minimum Gasteiger partial charge on any atom is -0.462 e. The largest absolute Gasteiger partial charge is 0.469 e. The van der Waals surface area contributed by atoms with Crippen LogP contribution in [0.3, 0.4) is 0 Å². The van der Waals surface area contributed by atoms with Gasteiger partial charge in [-0.15, -0.1) is 0 Å². The Hall–Kier alpha value is -0.950. The van der Waals surface area contributed by atoms with E-state index in [1.807, 2.05) is 0 Å². The Labute approximate surface area is 315 Å². The van der Waals surface area contributed by atoms with Crippen LogP contribution in [0.1, 0.15) is 239 Å². The molecule has 2 N–H and O–H groups in total. The summed E-state index contributed by atoms with van der Waals surface area (Å²) in [6.45, 7) is 3.72. The average molecular weight is 747 g/mol. The van der Waals surface area contributed by atoms with Crippen molar-refractivity contribution >= 4 is 19.8 Å². The Morgan fingerprint density at radius 3 is 1.00 bits per heavy atom. The SMILES string of the molecule is CCCCCCCCCCCCCCCCCCCCC(=O)O[C@H](COC(=O)CCCCCCCCCCCCCCCCC)COP(=O)(O)O. The number of carbonyl (C=O) groups excluding carboxylic acids is 2. The summed E-state index contributed by atoms with van der Waals surface area (Å²) in [5.74, 6) is -0.866. The molecule has 0 amide bonds. The van der Waals surface area contributed by atoms with E-state index in [0.29, 0.717) is 6.42 Å². The molecule has 0 radical (unpaired) electrons. The Morgan fingerprint density at radius 2 is 0.706 bits per heavy atom. The highest BCUT2D eigenvalue weighted by atomic mass is 31.2. The number of carbonyl (C=O) groups is 2. The standard InChI is InChI=1S/C42H83O8P/c1-3-5-7-9-11-13-15-17-19-20-21-23-25-27-29-31-33-35-37-42(44)50-40(39-49-51(45,46)47)38-48-41(43)36-34-32-30-28-26-24-22-18-16-14-12-10-8-6-4-2/h40H,3-39H2,1-2H3,(H2,45,46,47)/t40-/m1/s1. The lowest BCUT2D eigenvalue weighted by Gasteiger charge is -2.18. The number of phosphoric acid groups is 1. The molecule has 0 aromatic heterocycles. The van der Waals surface area contributed by atoms with E-state index in [4.69, 9.17) is 19.3 Å². The van der Waals surface area contributed by atoms with Crippen molar-refractivity contribution in [3.05, 3.63) is 0 Å². The van der Waals surface area contributed by atoms with Crippen molar-refractivity contribution in [2.24, 2.45) is 0 Å². The molecule has 0 aliphatic carbocycles. The summed E-state index contributed by atoms with van der Waals surface area (Å²) in [5.41, 5.74) is 0. The maximum Gasteiger partial charge on any atom is 0.469 e. The predicted molar refractivity (Wildman–Crippen MR) is 212 cm³/mol. The Morgan fingerprint density at radius 1 is 0.431 bits per heavy atom. The van der Waals surface area contributed by atoms with Crippen LogP contribution in [-0.4, -0.2) is 41.0 Å². The van der Waals surface area contributed by atoms with Gasteiger partial charge in [0.2, 0.25) is 0 Å². The van der Waals surface area contributed by atoms with Crippen LogP contribution < -0.4 is 0 Å². The summed E-state index contributed by atoms with van der Waals surface area (Å²) < 4.78 is 26.4. The topological polar surface area (TPSA) is 119 Å². The highest BCUT2D eigenvalue weighted by molar-refractivity contribution is 7.46. The molecule has 0 rings (SSSR count). The van der Waals surface area contributed by atoms with E-state index in [1.165, 1.54) is 173 Å². The van der Waals surface area contributed by atoms with Crippen molar-refractivity contribution in [3.63, 3.8) is 0 Å². The lowest BCUT2D eigenvalue weighted by atomic mass is 10.0. The third-order valence-electron chi connectivity index (χ3n) is 9.88. The molecule has 0 heterocycles. The highest BCUT2D eigenvalue weighted by Gasteiger charge is 2.23. The summed E-state index contributed by atoms with van der Waals surface area (Å²) in [5, 5.41) is 0. The number of hydrogen-bond donors (Lipinski definition) is 2. The van der Waals surface area contributed by atoms with Crippen LogP contribution in [0.4, 0.5) is 0 Å². The monoisotopic (exact) mass is 747 g/mol. The van der Waals surface area contributed by atoms with Crippen LogP contribution in [0.25, 0.3) is 0 Å². The van der Waals surface area contributed by atoms with E-state index in [2.05, 4.69) is 18.4 Å².